The molecule has 0 fully saturated rings. The van der Waals surface area contributed by atoms with Crippen LogP contribution in [0, 0.1) is 0 Å². The quantitative estimate of drug-likeness (QED) is 0.830. The minimum absolute atomic E-state index is 0.0728. The van der Waals surface area contributed by atoms with Crippen LogP contribution in [-0.4, -0.2) is 12.1 Å². The fraction of sp³-hybridized carbons (Fsp3) is 0.278. The number of rotatable bonds is 6. The van der Waals surface area contributed by atoms with E-state index >= 15 is 0 Å². The first kappa shape index (κ1) is 18.0. The number of amides is 1. The zero-order chi connectivity index (χ0) is 17.6. The van der Waals surface area contributed by atoms with Gasteiger partial charge in [0.25, 0.3) is 0 Å². The van der Waals surface area contributed by atoms with Crippen molar-refractivity contribution in [2.24, 2.45) is 5.73 Å². The molecule has 0 aliphatic heterocycles. The van der Waals surface area contributed by atoms with Crippen LogP contribution in [0.5, 0.6) is 0 Å². The average molecular weight is 336 g/mol. The Morgan fingerprint density at radius 1 is 1.04 bits per heavy atom. The second-order valence-corrected chi connectivity index (χ2v) is 5.58. The molecule has 1 unspecified atom stereocenters. The topological polar surface area (TPSA) is 55.1 Å². The van der Waals surface area contributed by atoms with E-state index in [4.69, 9.17) is 5.73 Å². The van der Waals surface area contributed by atoms with Gasteiger partial charge in [-0.25, -0.2) is 0 Å². The van der Waals surface area contributed by atoms with E-state index in [0.29, 0.717) is 11.3 Å². The first-order chi connectivity index (χ1) is 11.3. The molecule has 0 radical (unpaired) electrons. The minimum atomic E-state index is -4.17. The highest BCUT2D eigenvalue weighted by atomic mass is 19.4. The molecule has 2 rings (SSSR count). The number of alkyl halides is 3. The van der Waals surface area contributed by atoms with Crippen LogP contribution in [0.25, 0.3) is 0 Å². The number of nitrogens with one attached hydrogen (secondary N) is 1. The number of halogens is 3. The number of aryl methyl sites for hydroxylation is 1. The summed E-state index contributed by atoms with van der Waals surface area (Å²) in [7, 11) is 0. The molecule has 0 aliphatic carbocycles. The van der Waals surface area contributed by atoms with Crippen molar-refractivity contribution in [3.63, 3.8) is 0 Å². The van der Waals surface area contributed by atoms with Crippen molar-refractivity contribution >= 4 is 11.6 Å². The van der Waals surface area contributed by atoms with Gasteiger partial charge in [0.1, 0.15) is 0 Å². The molecule has 0 aliphatic rings. The highest BCUT2D eigenvalue weighted by molar-refractivity contribution is 5.91. The number of hydrogen-bond donors (Lipinski definition) is 2. The minimum Gasteiger partial charge on any atom is -0.326 e. The summed E-state index contributed by atoms with van der Waals surface area (Å²) in [5, 5.41) is 2.70. The lowest BCUT2D eigenvalue weighted by Gasteiger charge is -2.12. The van der Waals surface area contributed by atoms with Gasteiger partial charge in [0.2, 0.25) is 5.91 Å². The Balaban J connectivity index is 1.85. The molecule has 128 valence electrons. The molecule has 2 aromatic carbocycles. The van der Waals surface area contributed by atoms with Crippen molar-refractivity contribution in [2.45, 2.75) is 31.5 Å². The van der Waals surface area contributed by atoms with Gasteiger partial charge in [0.15, 0.2) is 0 Å². The van der Waals surface area contributed by atoms with Crippen LogP contribution in [0.2, 0.25) is 0 Å². The lowest BCUT2D eigenvalue weighted by molar-refractivity contribution is -0.134. The summed E-state index contributed by atoms with van der Waals surface area (Å²) in [4.78, 5) is 12.0. The summed E-state index contributed by atoms with van der Waals surface area (Å²) in [6, 6.07) is 15.2. The van der Waals surface area contributed by atoms with E-state index in [1.54, 1.807) is 24.3 Å². The standard InChI is InChI=1S/C18H19F3N2O/c19-18(20,21)11-10-13-6-8-15(9-7-13)23-17(24)12-16(22)14-4-2-1-3-5-14/h1-9,16H,10-12,22H2,(H,23,24). The Morgan fingerprint density at radius 3 is 2.25 bits per heavy atom. The third-order valence-electron chi connectivity index (χ3n) is 3.57. The van der Waals surface area contributed by atoms with Crippen molar-refractivity contribution in [3.8, 4) is 0 Å². The summed E-state index contributed by atoms with van der Waals surface area (Å²) in [5.41, 5.74) is 7.97. The Bertz CT molecular complexity index is 654. The fourth-order valence-corrected chi connectivity index (χ4v) is 2.27. The summed E-state index contributed by atoms with van der Waals surface area (Å²) >= 11 is 0. The van der Waals surface area contributed by atoms with E-state index in [2.05, 4.69) is 5.32 Å². The van der Waals surface area contributed by atoms with Gasteiger partial charge in [-0.05, 0) is 29.7 Å². The third kappa shape index (κ3) is 6.04. The van der Waals surface area contributed by atoms with Gasteiger partial charge in [0, 0.05) is 24.6 Å². The Hall–Kier alpha value is -2.34. The summed E-state index contributed by atoms with van der Waals surface area (Å²) in [6.07, 6.45) is -4.97. The highest BCUT2D eigenvalue weighted by Gasteiger charge is 2.26. The molecule has 3 N–H and O–H groups in total. The molecule has 6 heteroatoms. The molecule has 0 spiro atoms. The largest absolute Gasteiger partial charge is 0.389 e. The molecular formula is C18H19F3N2O. The van der Waals surface area contributed by atoms with Crippen LogP contribution in [0.4, 0.5) is 18.9 Å². The van der Waals surface area contributed by atoms with Crippen LogP contribution in [0.1, 0.15) is 30.0 Å². The maximum absolute atomic E-state index is 12.2. The van der Waals surface area contributed by atoms with Gasteiger partial charge < -0.3 is 11.1 Å². The van der Waals surface area contributed by atoms with Gasteiger partial charge in [0.05, 0.1) is 0 Å². The van der Waals surface area contributed by atoms with Gasteiger partial charge in [-0.2, -0.15) is 13.2 Å². The molecule has 0 saturated heterocycles. The van der Waals surface area contributed by atoms with Gasteiger partial charge in [-0.1, -0.05) is 42.5 Å². The second-order valence-electron chi connectivity index (χ2n) is 5.58. The van der Waals surface area contributed by atoms with Crippen LogP contribution in [-0.2, 0) is 11.2 Å². The van der Waals surface area contributed by atoms with Crippen molar-refractivity contribution in [1.29, 1.82) is 0 Å². The number of hydrogen-bond acceptors (Lipinski definition) is 2. The van der Waals surface area contributed by atoms with Gasteiger partial charge >= 0.3 is 6.18 Å². The van der Waals surface area contributed by atoms with E-state index in [-0.39, 0.29) is 18.7 Å². The first-order valence-electron chi connectivity index (χ1n) is 7.59. The average Bonchev–Trinajstić information content (AvgIpc) is 2.54. The number of nitrogens with two attached hydrogens (primary N) is 1. The zero-order valence-corrected chi connectivity index (χ0v) is 13.0. The van der Waals surface area contributed by atoms with Crippen LogP contribution >= 0.6 is 0 Å². The zero-order valence-electron chi connectivity index (χ0n) is 13.0. The summed E-state index contributed by atoms with van der Waals surface area (Å²) in [6.45, 7) is 0. The van der Waals surface area contributed by atoms with Crippen LogP contribution in [0.3, 0.4) is 0 Å². The number of carbonyl (C=O) groups is 1. The molecule has 0 heterocycles. The molecule has 0 aromatic heterocycles. The van der Waals surface area contributed by atoms with Gasteiger partial charge in [-0.15, -0.1) is 0 Å². The Kier molecular flexibility index (Phi) is 5.98. The monoisotopic (exact) mass is 336 g/mol. The van der Waals surface area contributed by atoms with Crippen molar-refractivity contribution in [2.75, 3.05) is 5.32 Å². The predicted molar refractivity (Wildman–Crippen MR) is 87.4 cm³/mol. The van der Waals surface area contributed by atoms with Crippen molar-refractivity contribution in [3.05, 3.63) is 65.7 Å². The molecule has 0 saturated carbocycles. The van der Waals surface area contributed by atoms with E-state index in [1.807, 2.05) is 30.3 Å². The maximum atomic E-state index is 12.2. The second kappa shape index (κ2) is 7.97. The van der Waals surface area contributed by atoms with E-state index in [0.717, 1.165) is 5.56 Å². The first-order valence-corrected chi connectivity index (χ1v) is 7.59. The Morgan fingerprint density at radius 2 is 1.67 bits per heavy atom. The molecule has 2 aromatic rings. The van der Waals surface area contributed by atoms with E-state index in [1.165, 1.54) is 0 Å². The van der Waals surface area contributed by atoms with Crippen LogP contribution < -0.4 is 11.1 Å². The molecule has 0 bridgehead atoms. The summed E-state index contributed by atoms with van der Waals surface area (Å²) in [5.74, 6) is -0.241. The molecule has 3 nitrogen and oxygen atoms in total. The molecule has 1 amide bonds. The van der Waals surface area contributed by atoms with Gasteiger partial charge in [-0.3, -0.25) is 4.79 Å². The third-order valence-corrected chi connectivity index (χ3v) is 3.57. The van der Waals surface area contributed by atoms with E-state index in [9.17, 15) is 18.0 Å². The molecule has 24 heavy (non-hydrogen) atoms. The normalized spacial score (nSPS) is 12.7. The SMILES string of the molecule is NC(CC(=O)Nc1ccc(CCC(F)(F)F)cc1)c1ccccc1. The number of anilines is 1. The Labute approximate surface area is 138 Å². The molecule has 1 atom stereocenters. The molecular weight excluding hydrogens is 317 g/mol. The van der Waals surface area contributed by atoms with Crippen molar-refractivity contribution in [1.82, 2.24) is 0 Å². The lowest BCUT2D eigenvalue weighted by Crippen LogP contribution is -2.20. The predicted octanol–water partition coefficient (Wildman–Crippen LogP) is 4.21. The fourth-order valence-electron chi connectivity index (χ4n) is 2.27. The highest BCUT2D eigenvalue weighted by Crippen LogP contribution is 2.23. The van der Waals surface area contributed by atoms with Crippen molar-refractivity contribution < 1.29 is 18.0 Å². The number of carbonyl (C=O) groups excluding carboxylic acids is 1. The van der Waals surface area contributed by atoms with Crippen LogP contribution in [0.15, 0.2) is 54.6 Å². The smallest absolute Gasteiger partial charge is 0.326 e. The summed E-state index contributed by atoms with van der Waals surface area (Å²) < 4.78 is 36.6. The lowest BCUT2D eigenvalue weighted by atomic mass is 10.0. The number of benzene rings is 2. The van der Waals surface area contributed by atoms with E-state index < -0.39 is 18.6 Å². The maximum Gasteiger partial charge on any atom is 0.389 e.